The van der Waals surface area contributed by atoms with Gasteiger partial charge in [-0.15, -0.1) is 0 Å². The number of aliphatic hydroxyl groups is 1. The first-order chi connectivity index (χ1) is 14.5. The molecule has 2 amide bonds. The number of rotatable bonds is 8. The smallest absolute Gasteiger partial charge is 0.251 e. The van der Waals surface area contributed by atoms with E-state index >= 15 is 0 Å². The predicted molar refractivity (Wildman–Crippen MR) is 110 cm³/mol. The van der Waals surface area contributed by atoms with Crippen molar-refractivity contribution in [2.75, 3.05) is 19.7 Å². The number of hydrogen-bond acceptors (Lipinski definition) is 6. The van der Waals surface area contributed by atoms with Gasteiger partial charge in [0.1, 0.15) is 11.9 Å². The van der Waals surface area contributed by atoms with Gasteiger partial charge in [-0.05, 0) is 35.4 Å². The van der Waals surface area contributed by atoms with Crippen LogP contribution in [0, 0.1) is 0 Å². The molecule has 2 aromatic carbocycles. The number of ketones is 1. The highest BCUT2D eigenvalue weighted by atomic mass is 16.5. The van der Waals surface area contributed by atoms with E-state index in [9.17, 15) is 19.5 Å². The van der Waals surface area contributed by atoms with Crippen molar-refractivity contribution in [3.63, 3.8) is 0 Å². The first-order valence-electron chi connectivity index (χ1n) is 9.74. The Kier molecular flexibility index (Phi) is 7.16. The summed E-state index contributed by atoms with van der Waals surface area (Å²) >= 11 is 0. The number of hydrogen-bond donors (Lipinski definition) is 3. The topological polar surface area (TPSA) is 122 Å². The number of ether oxygens (including phenoxy) is 1. The second-order valence-electron chi connectivity index (χ2n) is 7.08. The highest BCUT2D eigenvalue weighted by Gasteiger charge is 2.31. The lowest BCUT2D eigenvalue weighted by Gasteiger charge is -2.14. The van der Waals surface area contributed by atoms with Crippen LogP contribution < -0.4 is 15.8 Å². The molecule has 0 bridgehead atoms. The number of aliphatic hydroxyl groups excluding tert-OH is 1. The van der Waals surface area contributed by atoms with E-state index in [1.807, 2.05) is 24.3 Å². The molecule has 1 atom stereocenters. The van der Waals surface area contributed by atoms with Crippen molar-refractivity contribution in [3.05, 3.63) is 65.2 Å². The third-order valence-electron chi connectivity index (χ3n) is 4.88. The van der Waals surface area contributed by atoms with Crippen LogP contribution in [0.3, 0.4) is 0 Å². The van der Waals surface area contributed by atoms with Crippen molar-refractivity contribution in [2.45, 2.75) is 25.6 Å². The van der Waals surface area contributed by atoms with Crippen molar-refractivity contribution in [2.24, 2.45) is 5.73 Å². The van der Waals surface area contributed by atoms with Gasteiger partial charge in [-0.3, -0.25) is 14.4 Å². The van der Waals surface area contributed by atoms with Gasteiger partial charge in [0.2, 0.25) is 5.91 Å². The maximum absolute atomic E-state index is 12.2. The number of amides is 2. The van der Waals surface area contributed by atoms with Crippen molar-refractivity contribution >= 4 is 17.6 Å². The number of Topliss-reactive ketones (excluding diaryl/α,β-unsaturated/α-hetero) is 1. The molecule has 3 rings (SSSR count). The maximum atomic E-state index is 12.2. The van der Waals surface area contributed by atoms with E-state index in [1.165, 1.54) is 4.90 Å². The van der Waals surface area contributed by atoms with Gasteiger partial charge in [-0.1, -0.05) is 24.3 Å². The van der Waals surface area contributed by atoms with E-state index in [0.29, 0.717) is 24.4 Å². The summed E-state index contributed by atoms with van der Waals surface area (Å²) in [5, 5.41) is 12.3. The van der Waals surface area contributed by atoms with E-state index < -0.39 is 6.10 Å². The fourth-order valence-corrected chi connectivity index (χ4v) is 3.05. The average molecular weight is 411 g/mol. The van der Waals surface area contributed by atoms with Crippen molar-refractivity contribution in [1.82, 2.24) is 10.2 Å². The van der Waals surface area contributed by atoms with Gasteiger partial charge in [0.05, 0.1) is 26.1 Å². The minimum atomic E-state index is -1.08. The summed E-state index contributed by atoms with van der Waals surface area (Å²) < 4.78 is 5.57. The Bertz CT molecular complexity index is 896. The highest BCUT2D eigenvalue weighted by molar-refractivity contribution is 5.94. The zero-order chi connectivity index (χ0) is 21.5. The van der Waals surface area contributed by atoms with Gasteiger partial charge < -0.3 is 25.8 Å². The first kappa shape index (κ1) is 21.5. The monoisotopic (exact) mass is 411 g/mol. The second kappa shape index (κ2) is 10.00. The van der Waals surface area contributed by atoms with Crippen LogP contribution in [0.25, 0.3) is 0 Å². The molecule has 2 aromatic rings. The van der Waals surface area contributed by atoms with Gasteiger partial charge in [-0.25, -0.2) is 0 Å². The van der Waals surface area contributed by atoms with Crippen LogP contribution in [0.4, 0.5) is 0 Å². The summed E-state index contributed by atoms with van der Waals surface area (Å²) in [6.07, 6.45) is -0.950. The molecule has 30 heavy (non-hydrogen) atoms. The number of nitrogens with one attached hydrogen (secondary N) is 1. The van der Waals surface area contributed by atoms with Crippen LogP contribution in [0.2, 0.25) is 0 Å². The van der Waals surface area contributed by atoms with Gasteiger partial charge >= 0.3 is 0 Å². The standard InChI is InChI=1S/C22H25N3O5/c23-11-15-1-5-17(6-2-15)22(29)24-12-16-3-7-18(8-4-16)30-10-9-21(28)25-13-19(26)20(27)14-25/h1-8,19,26H,9-14,23H2,(H,24,29)/t19-/m0/s1. The van der Waals surface area contributed by atoms with Crippen LogP contribution in [0.5, 0.6) is 5.75 Å². The molecule has 1 saturated heterocycles. The van der Waals surface area contributed by atoms with Gasteiger partial charge in [0.25, 0.3) is 5.91 Å². The summed E-state index contributed by atoms with van der Waals surface area (Å²) in [5.41, 5.74) is 8.01. The number of carbonyl (C=O) groups excluding carboxylic acids is 3. The van der Waals surface area contributed by atoms with Crippen molar-refractivity contribution in [1.29, 1.82) is 0 Å². The van der Waals surface area contributed by atoms with Crippen LogP contribution in [-0.4, -0.2) is 53.4 Å². The number of carbonyl (C=O) groups is 3. The Balaban J connectivity index is 1.40. The molecule has 8 nitrogen and oxygen atoms in total. The van der Waals surface area contributed by atoms with Gasteiger partial charge in [0.15, 0.2) is 5.78 Å². The molecule has 1 aliphatic rings. The molecular weight excluding hydrogens is 386 g/mol. The number of likely N-dealkylation sites (tertiary alicyclic amines) is 1. The largest absolute Gasteiger partial charge is 0.493 e. The minimum Gasteiger partial charge on any atom is -0.493 e. The summed E-state index contributed by atoms with van der Waals surface area (Å²) in [4.78, 5) is 36.9. The number of β-amino-alcohol motifs (C(OH)–C–C–N with tert-alkyl or cyclic N) is 1. The molecule has 8 heteroatoms. The quantitative estimate of drug-likeness (QED) is 0.585. The Labute approximate surface area is 174 Å². The van der Waals surface area contributed by atoms with E-state index in [1.54, 1.807) is 24.3 Å². The molecule has 158 valence electrons. The lowest BCUT2D eigenvalue weighted by atomic mass is 10.1. The van der Waals surface area contributed by atoms with Crippen LogP contribution in [-0.2, 0) is 22.7 Å². The molecule has 4 N–H and O–H groups in total. The SMILES string of the molecule is NCc1ccc(C(=O)NCc2ccc(OCCC(=O)N3CC(=O)[C@@H](O)C3)cc2)cc1. The Morgan fingerprint density at radius 2 is 1.77 bits per heavy atom. The lowest BCUT2D eigenvalue weighted by Crippen LogP contribution is -2.30. The van der Waals surface area contributed by atoms with E-state index in [2.05, 4.69) is 5.32 Å². The normalized spacial score (nSPS) is 15.9. The van der Waals surface area contributed by atoms with Crippen LogP contribution >= 0.6 is 0 Å². The van der Waals surface area contributed by atoms with E-state index in [4.69, 9.17) is 10.5 Å². The molecule has 0 aliphatic carbocycles. The molecule has 1 heterocycles. The van der Waals surface area contributed by atoms with Crippen LogP contribution in [0.15, 0.2) is 48.5 Å². The Morgan fingerprint density at radius 3 is 2.37 bits per heavy atom. The highest BCUT2D eigenvalue weighted by Crippen LogP contribution is 2.14. The predicted octanol–water partition coefficient (Wildman–Crippen LogP) is 0.616. The third kappa shape index (κ3) is 5.65. The molecule has 1 aliphatic heterocycles. The third-order valence-corrected chi connectivity index (χ3v) is 4.88. The van der Waals surface area contributed by atoms with Crippen LogP contribution in [0.1, 0.15) is 27.9 Å². The molecule has 0 saturated carbocycles. The molecule has 1 fully saturated rings. The number of nitrogens with zero attached hydrogens (tertiary/aromatic N) is 1. The van der Waals surface area contributed by atoms with Crippen molar-refractivity contribution < 1.29 is 24.2 Å². The molecule has 0 spiro atoms. The summed E-state index contributed by atoms with van der Waals surface area (Å²) in [7, 11) is 0. The lowest BCUT2D eigenvalue weighted by molar-refractivity contribution is -0.132. The second-order valence-corrected chi connectivity index (χ2v) is 7.08. The van der Waals surface area contributed by atoms with Gasteiger partial charge in [0, 0.05) is 18.7 Å². The van der Waals surface area contributed by atoms with Gasteiger partial charge in [-0.2, -0.15) is 0 Å². The van der Waals surface area contributed by atoms with E-state index in [0.717, 1.165) is 11.1 Å². The maximum Gasteiger partial charge on any atom is 0.251 e. The zero-order valence-corrected chi connectivity index (χ0v) is 16.5. The average Bonchev–Trinajstić information content (AvgIpc) is 3.11. The summed E-state index contributed by atoms with van der Waals surface area (Å²) in [5.74, 6) is -0.117. The number of nitrogens with two attached hydrogens (primary N) is 1. The van der Waals surface area contributed by atoms with E-state index in [-0.39, 0.29) is 43.7 Å². The first-order valence-corrected chi connectivity index (χ1v) is 9.74. The molecule has 0 unspecified atom stereocenters. The fraction of sp³-hybridized carbons (Fsp3) is 0.318. The zero-order valence-electron chi connectivity index (χ0n) is 16.5. The molecule has 0 radical (unpaired) electrons. The Hall–Kier alpha value is -3.23. The fourth-order valence-electron chi connectivity index (χ4n) is 3.05. The molecular formula is C22H25N3O5. The Morgan fingerprint density at radius 1 is 1.10 bits per heavy atom. The summed E-state index contributed by atoms with van der Waals surface area (Å²) in [6.45, 7) is 0.994. The van der Waals surface area contributed by atoms with Crippen molar-refractivity contribution in [3.8, 4) is 5.75 Å². The summed E-state index contributed by atoms with van der Waals surface area (Å²) in [6, 6.07) is 14.4. The molecule has 0 aromatic heterocycles. The number of benzene rings is 2. The minimum absolute atomic E-state index is 0.0441.